The fraction of sp³-hybridized carbons (Fsp3) is 0.278. The summed E-state index contributed by atoms with van der Waals surface area (Å²) in [5, 5.41) is 11.7. The number of nitrogens with zero attached hydrogens (tertiary/aromatic N) is 2. The number of pyridine rings is 1. The van der Waals surface area contributed by atoms with Crippen molar-refractivity contribution in [3.05, 3.63) is 48.3 Å². The van der Waals surface area contributed by atoms with Crippen molar-refractivity contribution >= 4 is 11.6 Å². The van der Waals surface area contributed by atoms with E-state index in [0.29, 0.717) is 23.8 Å². The quantitative estimate of drug-likeness (QED) is 0.882. The number of nitriles is 1. The predicted molar refractivity (Wildman–Crippen MR) is 89.6 cm³/mol. The molecule has 6 heteroatoms. The van der Waals surface area contributed by atoms with Gasteiger partial charge in [0.25, 0.3) is 0 Å². The summed E-state index contributed by atoms with van der Waals surface area (Å²) in [6.45, 7) is 3.45. The first-order chi connectivity index (χ1) is 11.5. The first kappa shape index (κ1) is 17.3. The Labute approximate surface area is 141 Å². The molecule has 1 heterocycles. The summed E-state index contributed by atoms with van der Waals surface area (Å²) in [6, 6.07) is 10.8. The SMILES string of the molecule is COc1ccc(NC(=O)C(C)(C)C#N)cc1OCc1cccnc1. The van der Waals surface area contributed by atoms with Crippen LogP contribution in [0.25, 0.3) is 0 Å². The number of aromatic nitrogens is 1. The predicted octanol–water partition coefficient (Wildman–Crippen LogP) is 3.16. The number of carbonyl (C=O) groups excluding carboxylic acids is 1. The molecule has 0 spiro atoms. The van der Waals surface area contributed by atoms with Crippen molar-refractivity contribution in [2.24, 2.45) is 5.41 Å². The minimum Gasteiger partial charge on any atom is -0.493 e. The molecule has 0 bridgehead atoms. The van der Waals surface area contributed by atoms with Crippen LogP contribution in [-0.4, -0.2) is 18.0 Å². The zero-order valence-electron chi connectivity index (χ0n) is 13.9. The molecule has 0 fully saturated rings. The number of ether oxygens (including phenoxy) is 2. The van der Waals surface area contributed by atoms with E-state index in [0.717, 1.165) is 5.56 Å². The molecule has 0 aliphatic rings. The van der Waals surface area contributed by atoms with Crippen LogP contribution in [0.3, 0.4) is 0 Å². The Morgan fingerprint density at radius 3 is 2.75 bits per heavy atom. The van der Waals surface area contributed by atoms with Gasteiger partial charge in [-0.1, -0.05) is 6.07 Å². The lowest BCUT2D eigenvalue weighted by atomic mass is 9.94. The van der Waals surface area contributed by atoms with Gasteiger partial charge < -0.3 is 14.8 Å². The molecule has 0 unspecified atom stereocenters. The van der Waals surface area contributed by atoms with E-state index in [1.54, 1.807) is 51.6 Å². The van der Waals surface area contributed by atoms with Gasteiger partial charge in [0.15, 0.2) is 11.5 Å². The third kappa shape index (κ3) is 4.23. The zero-order chi connectivity index (χ0) is 17.6. The minimum atomic E-state index is -1.11. The lowest BCUT2D eigenvalue weighted by Gasteiger charge is -2.17. The number of methoxy groups -OCH3 is 1. The first-order valence-electron chi connectivity index (χ1n) is 7.38. The standard InChI is InChI=1S/C18H19N3O3/c1-18(2,12-19)17(22)21-14-6-7-15(23-3)16(9-14)24-11-13-5-4-8-20-10-13/h4-10H,11H2,1-3H3,(H,21,22). The molecule has 1 aromatic carbocycles. The average Bonchev–Trinajstić information content (AvgIpc) is 2.61. The number of amides is 1. The molecule has 2 rings (SSSR count). The molecule has 1 aromatic heterocycles. The smallest absolute Gasteiger partial charge is 0.244 e. The van der Waals surface area contributed by atoms with Gasteiger partial charge in [-0.3, -0.25) is 9.78 Å². The largest absolute Gasteiger partial charge is 0.493 e. The van der Waals surface area contributed by atoms with E-state index in [9.17, 15) is 4.79 Å². The summed E-state index contributed by atoms with van der Waals surface area (Å²) in [5.74, 6) is 0.665. The number of carbonyl (C=O) groups is 1. The number of anilines is 1. The monoisotopic (exact) mass is 325 g/mol. The molecule has 0 radical (unpaired) electrons. The van der Waals surface area contributed by atoms with E-state index in [2.05, 4.69) is 10.3 Å². The molecule has 0 saturated carbocycles. The van der Waals surface area contributed by atoms with Crippen LogP contribution in [0, 0.1) is 16.7 Å². The Kier molecular flexibility index (Phi) is 5.38. The van der Waals surface area contributed by atoms with Crippen molar-refractivity contribution in [3.8, 4) is 17.6 Å². The van der Waals surface area contributed by atoms with E-state index in [4.69, 9.17) is 14.7 Å². The molecule has 124 valence electrons. The van der Waals surface area contributed by atoms with Gasteiger partial charge in [-0.05, 0) is 32.0 Å². The van der Waals surface area contributed by atoms with Gasteiger partial charge in [0.1, 0.15) is 12.0 Å². The molecule has 24 heavy (non-hydrogen) atoms. The normalized spacial score (nSPS) is 10.6. The Morgan fingerprint density at radius 1 is 1.33 bits per heavy atom. The number of nitrogens with one attached hydrogen (secondary N) is 1. The molecule has 6 nitrogen and oxygen atoms in total. The Hall–Kier alpha value is -3.07. The lowest BCUT2D eigenvalue weighted by Crippen LogP contribution is -2.29. The third-order valence-electron chi connectivity index (χ3n) is 3.39. The topological polar surface area (TPSA) is 84.2 Å². The molecule has 0 aliphatic carbocycles. The van der Waals surface area contributed by atoms with Crippen LogP contribution in [-0.2, 0) is 11.4 Å². The summed E-state index contributed by atoms with van der Waals surface area (Å²) >= 11 is 0. The van der Waals surface area contributed by atoms with Crippen molar-refractivity contribution in [2.75, 3.05) is 12.4 Å². The Morgan fingerprint density at radius 2 is 2.12 bits per heavy atom. The highest BCUT2D eigenvalue weighted by molar-refractivity contribution is 5.96. The van der Waals surface area contributed by atoms with E-state index < -0.39 is 5.41 Å². The fourth-order valence-electron chi connectivity index (χ4n) is 1.85. The summed E-state index contributed by atoms with van der Waals surface area (Å²) < 4.78 is 11.0. The molecule has 0 aliphatic heterocycles. The third-order valence-corrected chi connectivity index (χ3v) is 3.39. The molecular formula is C18H19N3O3. The molecule has 1 N–H and O–H groups in total. The fourth-order valence-corrected chi connectivity index (χ4v) is 1.85. The molecule has 2 aromatic rings. The summed E-state index contributed by atoms with van der Waals surface area (Å²) in [7, 11) is 1.54. The van der Waals surface area contributed by atoms with Crippen LogP contribution < -0.4 is 14.8 Å². The summed E-state index contributed by atoms with van der Waals surface area (Å²) in [6.07, 6.45) is 3.41. The zero-order valence-corrected chi connectivity index (χ0v) is 13.9. The van der Waals surface area contributed by atoms with Crippen LogP contribution >= 0.6 is 0 Å². The molecular weight excluding hydrogens is 306 g/mol. The highest BCUT2D eigenvalue weighted by atomic mass is 16.5. The van der Waals surface area contributed by atoms with Crippen molar-refractivity contribution in [3.63, 3.8) is 0 Å². The van der Waals surface area contributed by atoms with Gasteiger partial charge in [0, 0.05) is 29.7 Å². The Balaban J connectivity index is 2.15. The van der Waals surface area contributed by atoms with E-state index in [1.807, 2.05) is 18.2 Å². The van der Waals surface area contributed by atoms with E-state index in [-0.39, 0.29) is 5.91 Å². The molecule has 1 amide bonds. The summed E-state index contributed by atoms with van der Waals surface area (Å²) in [4.78, 5) is 16.1. The van der Waals surface area contributed by atoms with Gasteiger partial charge in [-0.25, -0.2) is 0 Å². The Bertz CT molecular complexity index is 752. The first-order valence-corrected chi connectivity index (χ1v) is 7.38. The van der Waals surface area contributed by atoms with Crippen molar-refractivity contribution in [1.29, 1.82) is 5.26 Å². The second-order valence-electron chi connectivity index (χ2n) is 5.71. The lowest BCUT2D eigenvalue weighted by molar-refractivity contribution is -0.121. The second kappa shape index (κ2) is 7.47. The van der Waals surface area contributed by atoms with Gasteiger partial charge in [-0.15, -0.1) is 0 Å². The highest BCUT2D eigenvalue weighted by Gasteiger charge is 2.27. The molecule has 0 atom stereocenters. The van der Waals surface area contributed by atoms with Gasteiger partial charge in [0.05, 0.1) is 13.2 Å². The van der Waals surface area contributed by atoms with Crippen LogP contribution in [0.1, 0.15) is 19.4 Å². The van der Waals surface area contributed by atoms with Crippen LogP contribution in [0.2, 0.25) is 0 Å². The van der Waals surface area contributed by atoms with Crippen molar-refractivity contribution in [1.82, 2.24) is 4.98 Å². The van der Waals surface area contributed by atoms with Crippen molar-refractivity contribution < 1.29 is 14.3 Å². The van der Waals surface area contributed by atoms with Gasteiger partial charge in [0.2, 0.25) is 5.91 Å². The minimum absolute atomic E-state index is 0.325. The number of rotatable bonds is 6. The summed E-state index contributed by atoms with van der Waals surface area (Å²) in [5.41, 5.74) is 0.335. The van der Waals surface area contributed by atoms with E-state index >= 15 is 0 Å². The molecule has 0 saturated heterocycles. The maximum atomic E-state index is 12.1. The second-order valence-corrected chi connectivity index (χ2v) is 5.71. The van der Waals surface area contributed by atoms with Gasteiger partial charge >= 0.3 is 0 Å². The number of hydrogen-bond donors (Lipinski definition) is 1. The number of hydrogen-bond acceptors (Lipinski definition) is 5. The van der Waals surface area contributed by atoms with Crippen molar-refractivity contribution in [2.45, 2.75) is 20.5 Å². The highest BCUT2D eigenvalue weighted by Crippen LogP contribution is 2.31. The number of benzene rings is 1. The van der Waals surface area contributed by atoms with Crippen LogP contribution in [0.15, 0.2) is 42.7 Å². The van der Waals surface area contributed by atoms with Crippen LogP contribution in [0.5, 0.6) is 11.5 Å². The van der Waals surface area contributed by atoms with E-state index in [1.165, 1.54) is 0 Å². The maximum absolute atomic E-state index is 12.1. The van der Waals surface area contributed by atoms with Gasteiger partial charge in [-0.2, -0.15) is 5.26 Å². The average molecular weight is 325 g/mol. The van der Waals surface area contributed by atoms with Crippen LogP contribution in [0.4, 0.5) is 5.69 Å². The maximum Gasteiger partial charge on any atom is 0.244 e.